The molecule has 0 aliphatic carbocycles. The van der Waals surface area contributed by atoms with Gasteiger partial charge in [0.2, 0.25) is 0 Å². The fraction of sp³-hybridized carbons (Fsp3) is 0.346. The molecule has 0 amide bonds. The lowest BCUT2D eigenvalue weighted by atomic mass is 9.75. The van der Waals surface area contributed by atoms with E-state index >= 15 is 0 Å². The molecule has 0 radical (unpaired) electrons. The maximum atomic E-state index is 13.5. The summed E-state index contributed by atoms with van der Waals surface area (Å²) >= 11 is 7.41. The first-order valence-electron chi connectivity index (χ1n) is 10.8. The van der Waals surface area contributed by atoms with Gasteiger partial charge in [-0.05, 0) is 38.5 Å². The van der Waals surface area contributed by atoms with Gasteiger partial charge in [-0.15, -0.1) is 0 Å². The Labute approximate surface area is 210 Å². The molecule has 0 fully saturated rings. The molecule has 0 unspecified atom stereocenters. The predicted molar refractivity (Wildman–Crippen MR) is 138 cm³/mol. The lowest BCUT2D eigenvalue weighted by Gasteiger charge is -2.44. The van der Waals surface area contributed by atoms with Gasteiger partial charge >= 0.3 is 11.9 Å². The number of ether oxygens (including phenoxy) is 2. The van der Waals surface area contributed by atoms with Crippen LogP contribution in [0.4, 0.5) is 0 Å². The van der Waals surface area contributed by atoms with E-state index in [9.17, 15) is 9.59 Å². The van der Waals surface area contributed by atoms with E-state index in [1.807, 2.05) is 93.4 Å². The Bertz CT molecular complexity index is 1100. The van der Waals surface area contributed by atoms with Gasteiger partial charge in [0.15, 0.2) is 0 Å². The molecule has 1 aliphatic heterocycles. The van der Waals surface area contributed by atoms with E-state index in [1.165, 1.54) is 26.0 Å². The lowest BCUT2D eigenvalue weighted by molar-refractivity contribution is -0.149. The molecule has 180 valence electrons. The number of methoxy groups -OCH3 is 2. The smallest absolute Gasteiger partial charge is 0.337 e. The molecule has 0 saturated heterocycles. The van der Waals surface area contributed by atoms with Crippen LogP contribution in [0, 0.1) is 5.92 Å². The summed E-state index contributed by atoms with van der Waals surface area (Å²) in [5.74, 6) is -2.22. The Balaban J connectivity index is 2.35. The van der Waals surface area contributed by atoms with Gasteiger partial charge in [0.05, 0.1) is 24.8 Å². The van der Waals surface area contributed by atoms with Crippen LogP contribution in [0.1, 0.15) is 26.3 Å². The van der Waals surface area contributed by atoms with Crippen LogP contribution in [0.2, 0.25) is 0 Å². The number of nitrogens with one attached hydrogen (secondary N) is 1. The number of nitrogens with zero attached hydrogens (tertiary/aromatic N) is 1. The SMILES string of the molecule is COC(=O)C1=C(Sc2ccccc2)N(C)[C@](C(=S)NC(C)(C)C)(c2ccccc2)[C@@H]1C(=O)OC. The molecule has 0 spiro atoms. The molecular formula is C26H30N2O4S2. The predicted octanol–water partition coefficient (Wildman–Crippen LogP) is 4.51. The number of thioether (sulfide) groups is 1. The van der Waals surface area contributed by atoms with E-state index in [4.69, 9.17) is 21.7 Å². The standard InChI is InChI=1S/C26H30N2O4S2/c1-25(2,3)27-24(33)26(17-13-9-7-10-14-17)20(23(30)32-6)19(22(29)31-5)21(28(26)4)34-18-15-11-8-12-16-18/h7-16,20H,1-6H3,(H,27,33)/t20-,26+/m0/s1. The minimum absolute atomic E-state index is 0.215. The van der Waals surface area contributed by atoms with Crippen molar-refractivity contribution >= 4 is 40.9 Å². The molecule has 2 aromatic carbocycles. The number of thiocarbonyl (C=S) groups is 1. The molecule has 0 bridgehead atoms. The van der Waals surface area contributed by atoms with Crippen LogP contribution in [0.3, 0.4) is 0 Å². The molecule has 0 saturated carbocycles. The van der Waals surface area contributed by atoms with E-state index in [0.717, 1.165) is 10.5 Å². The number of hydrogen-bond donors (Lipinski definition) is 1. The summed E-state index contributed by atoms with van der Waals surface area (Å²) in [6.45, 7) is 5.98. The van der Waals surface area contributed by atoms with Crippen molar-refractivity contribution in [2.45, 2.75) is 36.7 Å². The summed E-state index contributed by atoms with van der Waals surface area (Å²) in [5, 5.41) is 3.97. The Morgan fingerprint density at radius 2 is 1.56 bits per heavy atom. The molecule has 0 aromatic heterocycles. The zero-order valence-corrected chi connectivity index (χ0v) is 21.9. The van der Waals surface area contributed by atoms with Crippen LogP contribution < -0.4 is 5.32 Å². The highest BCUT2D eigenvalue weighted by molar-refractivity contribution is 8.03. The fourth-order valence-electron chi connectivity index (χ4n) is 4.21. The van der Waals surface area contributed by atoms with E-state index in [2.05, 4.69) is 5.32 Å². The number of carbonyl (C=O) groups is 2. The summed E-state index contributed by atoms with van der Waals surface area (Å²) < 4.78 is 10.4. The van der Waals surface area contributed by atoms with Gasteiger partial charge < -0.3 is 19.7 Å². The van der Waals surface area contributed by atoms with Crippen molar-refractivity contribution < 1.29 is 19.1 Å². The van der Waals surface area contributed by atoms with Gasteiger partial charge in [-0.1, -0.05) is 72.5 Å². The van der Waals surface area contributed by atoms with Crippen LogP contribution in [0.25, 0.3) is 0 Å². The number of likely N-dealkylation sites (N-methyl/N-ethyl adjacent to an activating group) is 1. The van der Waals surface area contributed by atoms with Crippen molar-refractivity contribution in [1.82, 2.24) is 10.2 Å². The van der Waals surface area contributed by atoms with E-state index < -0.39 is 23.4 Å². The number of carbonyl (C=O) groups excluding carboxylic acids is 2. The molecule has 34 heavy (non-hydrogen) atoms. The fourth-order valence-corrected chi connectivity index (χ4v) is 6.00. The highest BCUT2D eigenvalue weighted by Crippen LogP contribution is 2.54. The van der Waals surface area contributed by atoms with Crippen LogP contribution in [-0.4, -0.2) is 48.6 Å². The van der Waals surface area contributed by atoms with E-state index in [-0.39, 0.29) is 11.1 Å². The normalized spacial score (nSPS) is 20.2. The van der Waals surface area contributed by atoms with Gasteiger partial charge in [0.25, 0.3) is 0 Å². The van der Waals surface area contributed by atoms with Crippen LogP contribution >= 0.6 is 24.0 Å². The first-order chi connectivity index (χ1) is 16.1. The van der Waals surface area contributed by atoms with Crippen LogP contribution in [0.15, 0.2) is 76.2 Å². The van der Waals surface area contributed by atoms with Crippen molar-refractivity contribution in [3.63, 3.8) is 0 Å². The molecule has 1 heterocycles. The second-order valence-electron chi connectivity index (χ2n) is 8.98. The highest BCUT2D eigenvalue weighted by Gasteiger charge is 2.61. The molecule has 1 aliphatic rings. The molecular weight excluding hydrogens is 468 g/mol. The number of hydrogen-bond acceptors (Lipinski definition) is 7. The van der Waals surface area contributed by atoms with Crippen molar-refractivity contribution in [3.8, 4) is 0 Å². The van der Waals surface area contributed by atoms with E-state index in [0.29, 0.717) is 10.0 Å². The van der Waals surface area contributed by atoms with Crippen molar-refractivity contribution in [2.24, 2.45) is 5.92 Å². The first kappa shape index (κ1) is 25.8. The third kappa shape index (κ3) is 4.70. The molecule has 1 N–H and O–H groups in total. The molecule has 2 atom stereocenters. The minimum atomic E-state index is -1.21. The van der Waals surface area contributed by atoms with Crippen molar-refractivity contribution in [2.75, 3.05) is 21.3 Å². The average molecular weight is 499 g/mol. The number of esters is 2. The summed E-state index contributed by atoms with van der Waals surface area (Å²) in [6, 6.07) is 19.1. The molecule has 6 nitrogen and oxygen atoms in total. The summed E-state index contributed by atoms with van der Waals surface area (Å²) in [7, 11) is 4.47. The zero-order chi connectivity index (χ0) is 25.1. The Kier molecular flexibility index (Phi) is 7.73. The molecule has 3 rings (SSSR count). The third-order valence-electron chi connectivity index (χ3n) is 5.62. The quantitative estimate of drug-likeness (QED) is 0.461. The third-order valence-corrected chi connectivity index (χ3v) is 7.23. The van der Waals surface area contributed by atoms with Crippen LogP contribution in [-0.2, 0) is 24.6 Å². The Morgan fingerprint density at radius 3 is 2.06 bits per heavy atom. The van der Waals surface area contributed by atoms with Gasteiger partial charge in [-0.3, -0.25) is 4.79 Å². The first-order valence-corrected chi connectivity index (χ1v) is 12.1. The number of rotatable bonds is 6. The Morgan fingerprint density at radius 1 is 1.00 bits per heavy atom. The average Bonchev–Trinajstić information content (AvgIpc) is 3.07. The van der Waals surface area contributed by atoms with Gasteiger partial charge in [0, 0.05) is 17.5 Å². The lowest BCUT2D eigenvalue weighted by Crippen LogP contribution is -2.60. The monoisotopic (exact) mass is 498 g/mol. The zero-order valence-electron chi connectivity index (χ0n) is 20.2. The Hall–Kier alpha value is -2.84. The molecule has 2 aromatic rings. The second-order valence-corrected chi connectivity index (χ2v) is 10.4. The summed E-state index contributed by atoms with van der Waals surface area (Å²) in [5.41, 5.74) is -0.619. The summed E-state index contributed by atoms with van der Waals surface area (Å²) in [4.78, 5) is 29.9. The minimum Gasteiger partial charge on any atom is -0.468 e. The van der Waals surface area contributed by atoms with Crippen molar-refractivity contribution in [1.29, 1.82) is 0 Å². The maximum Gasteiger partial charge on any atom is 0.337 e. The maximum absolute atomic E-state index is 13.5. The highest BCUT2D eigenvalue weighted by atomic mass is 32.2. The largest absolute Gasteiger partial charge is 0.468 e. The second kappa shape index (κ2) is 10.2. The van der Waals surface area contributed by atoms with Crippen LogP contribution in [0.5, 0.6) is 0 Å². The summed E-state index contributed by atoms with van der Waals surface area (Å²) in [6.07, 6.45) is 0. The van der Waals surface area contributed by atoms with Crippen molar-refractivity contribution in [3.05, 3.63) is 76.8 Å². The van der Waals surface area contributed by atoms with Gasteiger partial charge in [-0.2, -0.15) is 0 Å². The topological polar surface area (TPSA) is 67.9 Å². The number of benzene rings is 2. The van der Waals surface area contributed by atoms with Gasteiger partial charge in [0.1, 0.15) is 16.4 Å². The molecule has 8 heteroatoms. The van der Waals surface area contributed by atoms with Gasteiger partial charge in [-0.25, -0.2) is 4.79 Å². The van der Waals surface area contributed by atoms with E-state index in [1.54, 1.807) is 0 Å².